The van der Waals surface area contributed by atoms with Crippen LogP contribution in [0.4, 0.5) is 0 Å². The molecule has 1 heteroatoms. The van der Waals surface area contributed by atoms with E-state index in [4.69, 9.17) is 0 Å². The minimum atomic E-state index is -0.226. The van der Waals surface area contributed by atoms with Crippen LogP contribution in [0.15, 0.2) is 12.2 Å². The molecule has 0 bridgehead atoms. The van der Waals surface area contributed by atoms with Gasteiger partial charge in [0.2, 0.25) is 0 Å². The lowest BCUT2D eigenvalue weighted by Crippen LogP contribution is -1.97. The Hall–Kier alpha value is -0.300. The second kappa shape index (κ2) is 8.79. The van der Waals surface area contributed by atoms with Gasteiger partial charge in [0.25, 0.3) is 0 Å². The van der Waals surface area contributed by atoms with Crippen molar-refractivity contribution in [3.05, 3.63) is 12.2 Å². The van der Waals surface area contributed by atoms with Crippen molar-refractivity contribution in [2.24, 2.45) is 0 Å². The highest BCUT2D eigenvalue weighted by Gasteiger charge is 1.91. The standard InChI is InChI=1S/C11H22O/c1-3-5-6-7-8-9-10-11(12)4-2/h9-12H,3-8H2,1-2H3/b10-9+/t11-/m0/s1. The van der Waals surface area contributed by atoms with Gasteiger partial charge in [-0.25, -0.2) is 0 Å². The highest BCUT2D eigenvalue weighted by Crippen LogP contribution is 2.03. The fourth-order valence-electron chi connectivity index (χ4n) is 1.08. The molecule has 0 aromatic heterocycles. The van der Waals surface area contributed by atoms with Crippen LogP contribution in [-0.4, -0.2) is 11.2 Å². The molecule has 0 saturated heterocycles. The third-order valence-corrected chi connectivity index (χ3v) is 2.00. The average Bonchev–Trinajstić information content (AvgIpc) is 2.10. The van der Waals surface area contributed by atoms with E-state index in [1.54, 1.807) is 0 Å². The van der Waals surface area contributed by atoms with Crippen LogP contribution in [0.3, 0.4) is 0 Å². The van der Waals surface area contributed by atoms with Gasteiger partial charge in [-0.15, -0.1) is 0 Å². The molecule has 1 atom stereocenters. The first-order valence-electron chi connectivity index (χ1n) is 5.16. The number of hydrogen-bond donors (Lipinski definition) is 1. The number of allylic oxidation sites excluding steroid dienone is 1. The van der Waals surface area contributed by atoms with Gasteiger partial charge < -0.3 is 5.11 Å². The Morgan fingerprint density at radius 1 is 1.17 bits per heavy atom. The molecule has 0 rings (SSSR count). The minimum Gasteiger partial charge on any atom is -0.389 e. The van der Waals surface area contributed by atoms with Gasteiger partial charge >= 0.3 is 0 Å². The Kier molecular flexibility index (Phi) is 8.57. The van der Waals surface area contributed by atoms with Crippen LogP contribution in [0.1, 0.15) is 52.4 Å². The smallest absolute Gasteiger partial charge is 0.0718 e. The van der Waals surface area contributed by atoms with E-state index >= 15 is 0 Å². The number of rotatable bonds is 7. The number of aliphatic hydroxyl groups is 1. The Balaban J connectivity index is 3.12. The summed E-state index contributed by atoms with van der Waals surface area (Å²) in [6.07, 6.45) is 10.9. The largest absolute Gasteiger partial charge is 0.389 e. The van der Waals surface area contributed by atoms with Gasteiger partial charge in [-0.3, -0.25) is 0 Å². The summed E-state index contributed by atoms with van der Waals surface area (Å²) < 4.78 is 0. The Bertz CT molecular complexity index is 108. The molecular formula is C11H22O. The summed E-state index contributed by atoms with van der Waals surface area (Å²) in [6, 6.07) is 0. The van der Waals surface area contributed by atoms with Crippen LogP contribution in [-0.2, 0) is 0 Å². The molecule has 0 unspecified atom stereocenters. The molecule has 0 aromatic carbocycles. The zero-order valence-electron chi connectivity index (χ0n) is 8.42. The van der Waals surface area contributed by atoms with Gasteiger partial charge in [0, 0.05) is 0 Å². The fourth-order valence-corrected chi connectivity index (χ4v) is 1.08. The fraction of sp³-hybridized carbons (Fsp3) is 0.818. The molecule has 0 fully saturated rings. The summed E-state index contributed by atoms with van der Waals surface area (Å²) in [5.74, 6) is 0. The predicted molar refractivity (Wildman–Crippen MR) is 54.2 cm³/mol. The number of unbranched alkanes of at least 4 members (excludes halogenated alkanes) is 4. The lowest BCUT2D eigenvalue weighted by molar-refractivity contribution is 0.219. The molecule has 0 aliphatic rings. The Morgan fingerprint density at radius 2 is 1.92 bits per heavy atom. The lowest BCUT2D eigenvalue weighted by Gasteiger charge is -1.98. The third kappa shape index (κ3) is 7.80. The van der Waals surface area contributed by atoms with E-state index in [1.807, 2.05) is 13.0 Å². The maximum Gasteiger partial charge on any atom is 0.0718 e. The van der Waals surface area contributed by atoms with Gasteiger partial charge in [-0.05, 0) is 19.3 Å². The molecule has 12 heavy (non-hydrogen) atoms. The molecule has 0 heterocycles. The van der Waals surface area contributed by atoms with Gasteiger partial charge in [0.05, 0.1) is 6.10 Å². The van der Waals surface area contributed by atoms with Crippen molar-refractivity contribution in [2.45, 2.75) is 58.5 Å². The molecule has 0 spiro atoms. The van der Waals surface area contributed by atoms with Crippen molar-refractivity contribution in [3.63, 3.8) is 0 Å². The molecule has 0 aromatic rings. The topological polar surface area (TPSA) is 20.2 Å². The van der Waals surface area contributed by atoms with Crippen molar-refractivity contribution >= 4 is 0 Å². The van der Waals surface area contributed by atoms with Crippen molar-refractivity contribution in [3.8, 4) is 0 Å². The van der Waals surface area contributed by atoms with Crippen LogP contribution < -0.4 is 0 Å². The first kappa shape index (κ1) is 11.7. The second-order valence-corrected chi connectivity index (χ2v) is 3.25. The number of aliphatic hydroxyl groups excluding tert-OH is 1. The molecule has 0 saturated carbocycles. The van der Waals surface area contributed by atoms with E-state index in [1.165, 1.54) is 25.7 Å². The third-order valence-electron chi connectivity index (χ3n) is 2.00. The summed E-state index contributed by atoms with van der Waals surface area (Å²) in [6.45, 7) is 4.21. The van der Waals surface area contributed by atoms with Crippen molar-refractivity contribution in [2.75, 3.05) is 0 Å². The van der Waals surface area contributed by atoms with E-state index in [9.17, 15) is 5.11 Å². The first-order chi connectivity index (χ1) is 5.81. The Labute approximate surface area is 76.5 Å². The van der Waals surface area contributed by atoms with Gasteiger partial charge in [0.15, 0.2) is 0 Å². The summed E-state index contributed by atoms with van der Waals surface area (Å²) in [5.41, 5.74) is 0. The Morgan fingerprint density at radius 3 is 2.50 bits per heavy atom. The van der Waals surface area contributed by atoms with Crippen LogP contribution in [0.2, 0.25) is 0 Å². The SMILES string of the molecule is CCCCCC/C=C/[C@@H](O)CC. The van der Waals surface area contributed by atoms with Crippen LogP contribution in [0.25, 0.3) is 0 Å². The second-order valence-electron chi connectivity index (χ2n) is 3.25. The van der Waals surface area contributed by atoms with E-state index in [-0.39, 0.29) is 6.10 Å². The van der Waals surface area contributed by atoms with Crippen LogP contribution >= 0.6 is 0 Å². The molecule has 1 nitrogen and oxygen atoms in total. The summed E-state index contributed by atoms with van der Waals surface area (Å²) >= 11 is 0. The first-order valence-corrected chi connectivity index (χ1v) is 5.16. The van der Waals surface area contributed by atoms with Gasteiger partial charge in [0.1, 0.15) is 0 Å². The van der Waals surface area contributed by atoms with Crippen molar-refractivity contribution in [1.82, 2.24) is 0 Å². The maximum absolute atomic E-state index is 9.17. The maximum atomic E-state index is 9.17. The monoisotopic (exact) mass is 170 g/mol. The number of hydrogen-bond acceptors (Lipinski definition) is 1. The lowest BCUT2D eigenvalue weighted by atomic mass is 10.1. The molecule has 0 amide bonds. The molecule has 72 valence electrons. The zero-order valence-corrected chi connectivity index (χ0v) is 8.42. The minimum absolute atomic E-state index is 0.226. The van der Waals surface area contributed by atoms with Gasteiger partial charge in [-0.2, -0.15) is 0 Å². The van der Waals surface area contributed by atoms with E-state index in [0.717, 1.165) is 12.8 Å². The molecule has 1 N–H and O–H groups in total. The summed E-state index contributed by atoms with van der Waals surface area (Å²) in [5, 5.41) is 9.17. The van der Waals surface area contributed by atoms with Crippen molar-refractivity contribution in [1.29, 1.82) is 0 Å². The van der Waals surface area contributed by atoms with Gasteiger partial charge in [-0.1, -0.05) is 45.3 Å². The molecular weight excluding hydrogens is 148 g/mol. The highest BCUT2D eigenvalue weighted by atomic mass is 16.3. The van der Waals surface area contributed by atoms with E-state index in [2.05, 4.69) is 13.0 Å². The summed E-state index contributed by atoms with van der Waals surface area (Å²) in [7, 11) is 0. The summed E-state index contributed by atoms with van der Waals surface area (Å²) in [4.78, 5) is 0. The normalized spacial score (nSPS) is 13.9. The molecule has 0 radical (unpaired) electrons. The zero-order chi connectivity index (χ0) is 9.23. The van der Waals surface area contributed by atoms with Crippen molar-refractivity contribution < 1.29 is 5.11 Å². The van der Waals surface area contributed by atoms with Crippen LogP contribution in [0, 0.1) is 0 Å². The predicted octanol–water partition coefficient (Wildman–Crippen LogP) is 3.28. The average molecular weight is 170 g/mol. The highest BCUT2D eigenvalue weighted by molar-refractivity contribution is 4.87. The quantitative estimate of drug-likeness (QED) is 0.459. The van der Waals surface area contributed by atoms with E-state index in [0.29, 0.717) is 0 Å². The van der Waals surface area contributed by atoms with Crippen LogP contribution in [0.5, 0.6) is 0 Å². The molecule has 0 aliphatic carbocycles. The van der Waals surface area contributed by atoms with E-state index < -0.39 is 0 Å². The molecule has 0 aliphatic heterocycles.